The van der Waals surface area contributed by atoms with Crippen molar-refractivity contribution in [2.24, 2.45) is 0 Å². The fourth-order valence-corrected chi connectivity index (χ4v) is 3.80. The molecule has 2 N–H and O–H groups in total. The SMILES string of the molecule is CCl.Cc1ccc2c(N3CCN(C(=O)CC(C)O)CC3)nc(-c3ccccc3O)nc2c1. The van der Waals surface area contributed by atoms with E-state index in [4.69, 9.17) is 9.97 Å². The highest BCUT2D eigenvalue weighted by Gasteiger charge is 2.24. The molecule has 170 valence electrons. The van der Waals surface area contributed by atoms with Gasteiger partial charge in [0.1, 0.15) is 11.6 Å². The van der Waals surface area contributed by atoms with Crippen LogP contribution in [0.15, 0.2) is 42.5 Å². The summed E-state index contributed by atoms with van der Waals surface area (Å²) in [7, 11) is 0. The van der Waals surface area contributed by atoms with E-state index >= 15 is 0 Å². The summed E-state index contributed by atoms with van der Waals surface area (Å²) in [6.07, 6.45) is 0.985. The van der Waals surface area contributed by atoms with Crippen LogP contribution in [0.2, 0.25) is 0 Å². The summed E-state index contributed by atoms with van der Waals surface area (Å²) in [4.78, 5) is 25.7. The number of hydrogen-bond donors (Lipinski definition) is 2. The van der Waals surface area contributed by atoms with Gasteiger partial charge in [0.05, 0.1) is 23.6 Å². The third kappa shape index (κ3) is 5.29. The molecule has 8 heteroatoms. The Labute approximate surface area is 193 Å². The maximum atomic E-state index is 12.3. The zero-order valence-corrected chi connectivity index (χ0v) is 19.4. The van der Waals surface area contributed by atoms with Gasteiger partial charge in [-0.15, -0.1) is 11.6 Å². The molecule has 2 heterocycles. The summed E-state index contributed by atoms with van der Waals surface area (Å²) in [5.41, 5.74) is 2.52. The average molecular weight is 457 g/mol. The van der Waals surface area contributed by atoms with Crippen molar-refractivity contribution in [2.75, 3.05) is 37.5 Å². The number of piperazine rings is 1. The number of aliphatic hydroxyl groups is 1. The number of aryl methyl sites for hydroxylation is 1. The normalized spacial score (nSPS) is 14.7. The van der Waals surface area contributed by atoms with Crippen LogP contribution in [0.1, 0.15) is 18.9 Å². The minimum absolute atomic E-state index is 0.0253. The number of phenolic OH excluding ortho intramolecular Hbond substituents is 1. The largest absolute Gasteiger partial charge is 0.507 e. The van der Waals surface area contributed by atoms with Crippen molar-refractivity contribution in [1.29, 1.82) is 0 Å². The molecule has 32 heavy (non-hydrogen) atoms. The zero-order valence-electron chi connectivity index (χ0n) is 18.6. The molecule has 0 bridgehead atoms. The van der Waals surface area contributed by atoms with Crippen molar-refractivity contribution >= 4 is 34.2 Å². The highest BCUT2D eigenvalue weighted by molar-refractivity contribution is 6.15. The number of carbonyl (C=O) groups excluding carboxylic acids is 1. The lowest BCUT2D eigenvalue weighted by Gasteiger charge is -2.36. The third-order valence-electron chi connectivity index (χ3n) is 5.38. The van der Waals surface area contributed by atoms with Crippen LogP contribution in [0.25, 0.3) is 22.3 Å². The van der Waals surface area contributed by atoms with Crippen LogP contribution >= 0.6 is 11.6 Å². The molecular weight excluding hydrogens is 428 g/mol. The first-order valence-corrected chi connectivity index (χ1v) is 11.3. The quantitative estimate of drug-likeness (QED) is 0.583. The molecule has 1 atom stereocenters. The Morgan fingerprint density at radius 1 is 1.09 bits per heavy atom. The topological polar surface area (TPSA) is 89.8 Å². The molecule has 0 radical (unpaired) electrons. The number of aromatic hydroxyl groups is 1. The summed E-state index contributed by atoms with van der Waals surface area (Å²) in [5, 5.41) is 20.7. The maximum Gasteiger partial charge on any atom is 0.225 e. The molecule has 0 aliphatic carbocycles. The summed E-state index contributed by atoms with van der Waals surface area (Å²) in [6, 6.07) is 13.1. The Kier molecular flexibility index (Phi) is 7.88. The van der Waals surface area contributed by atoms with Gasteiger partial charge in [-0.2, -0.15) is 0 Å². The van der Waals surface area contributed by atoms with Crippen molar-refractivity contribution in [2.45, 2.75) is 26.4 Å². The molecule has 7 nitrogen and oxygen atoms in total. The number of para-hydroxylation sites is 1. The number of halogens is 1. The van der Waals surface area contributed by atoms with Gasteiger partial charge >= 0.3 is 0 Å². The van der Waals surface area contributed by atoms with E-state index in [-0.39, 0.29) is 18.1 Å². The monoisotopic (exact) mass is 456 g/mol. The van der Waals surface area contributed by atoms with E-state index in [0.717, 1.165) is 22.3 Å². The number of amides is 1. The van der Waals surface area contributed by atoms with Crippen LogP contribution < -0.4 is 4.90 Å². The van der Waals surface area contributed by atoms with Gasteiger partial charge in [0.15, 0.2) is 5.82 Å². The predicted octanol–water partition coefficient (Wildman–Crippen LogP) is 3.59. The standard InChI is InChI=1S/C23H26N4O3.CH3Cl/c1-15-7-8-17-19(13-15)24-22(18-5-3-4-6-20(18)29)25-23(17)27-11-9-26(10-12-27)21(30)14-16(2)28;1-2/h3-8,13,16,28-29H,9-12,14H2,1-2H3;1H3. The van der Waals surface area contributed by atoms with Crippen LogP contribution in [-0.4, -0.2) is 69.7 Å². The summed E-state index contributed by atoms with van der Waals surface area (Å²) < 4.78 is 0. The highest BCUT2D eigenvalue weighted by Crippen LogP contribution is 2.32. The molecule has 1 amide bonds. The second-order valence-corrected chi connectivity index (χ2v) is 7.83. The molecule has 1 saturated heterocycles. The second kappa shape index (κ2) is 10.6. The number of phenols is 1. The molecule has 0 saturated carbocycles. The summed E-state index contributed by atoms with van der Waals surface area (Å²) >= 11 is 4.64. The molecule has 1 aromatic heterocycles. The van der Waals surface area contributed by atoms with Crippen molar-refractivity contribution in [3.8, 4) is 17.1 Å². The smallest absolute Gasteiger partial charge is 0.225 e. The average Bonchev–Trinajstić information content (AvgIpc) is 2.79. The van der Waals surface area contributed by atoms with Crippen LogP contribution in [-0.2, 0) is 4.79 Å². The van der Waals surface area contributed by atoms with Crippen molar-refractivity contribution in [3.63, 3.8) is 0 Å². The predicted molar refractivity (Wildman–Crippen MR) is 128 cm³/mol. The van der Waals surface area contributed by atoms with Crippen LogP contribution in [0.4, 0.5) is 5.82 Å². The molecule has 1 aliphatic heterocycles. The number of aliphatic hydroxyl groups excluding tert-OH is 1. The van der Waals surface area contributed by atoms with Crippen molar-refractivity contribution in [1.82, 2.24) is 14.9 Å². The number of hydrogen-bond acceptors (Lipinski definition) is 6. The van der Waals surface area contributed by atoms with Gasteiger partial charge in [-0.1, -0.05) is 18.2 Å². The Bertz CT molecular complexity index is 1080. The van der Waals surface area contributed by atoms with E-state index in [1.165, 1.54) is 6.38 Å². The number of benzene rings is 2. The van der Waals surface area contributed by atoms with Gasteiger partial charge in [0, 0.05) is 37.9 Å². The lowest BCUT2D eigenvalue weighted by atomic mass is 10.1. The Hall–Kier alpha value is -2.90. The van der Waals surface area contributed by atoms with Gasteiger partial charge < -0.3 is 20.0 Å². The minimum Gasteiger partial charge on any atom is -0.507 e. The molecular formula is C24H29ClN4O3. The molecule has 1 fully saturated rings. The van der Waals surface area contributed by atoms with E-state index in [1.807, 2.05) is 37.3 Å². The number of aromatic nitrogens is 2. The molecule has 4 rings (SSSR count). The van der Waals surface area contributed by atoms with Crippen LogP contribution in [0.3, 0.4) is 0 Å². The number of nitrogens with zero attached hydrogens (tertiary/aromatic N) is 4. The van der Waals surface area contributed by atoms with Crippen molar-refractivity contribution < 1.29 is 15.0 Å². The van der Waals surface area contributed by atoms with Crippen LogP contribution in [0, 0.1) is 6.92 Å². The number of alkyl halides is 1. The van der Waals surface area contributed by atoms with Gasteiger partial charge in [-0.3, -0.25) is 4.79 Å². The Morgan fingerprint density at radius 2 is 1.78 bits per heavy atom. The second-order valence-electron chi connectivity index (χ2n) is 7.83. The third-order valence-corrected chi connectivity index (χ3v) is 5.38. The van der Waals surface area contributed by atoms with Gasteiger partial charge in [-0.05, 0) is 43.7 Å². The van der Waals surface area contributed by atoms with Crippen LogP contribution in [0.5, 0.6) is 5.75 Å². The molecule has 2 aromatic carbocycles. The van der Waals surface area contributed by atoms with Gasteiger partial charge in [-0.25, -0.2) is 9.97 Å². The first-order chi connectivity index (χ1) is 15.4. The fraction of sp³-hybridized carbons (Fsp3) is 0.375. The highest BCUT2D eigenvalue weighted by atomic mass is 35.5. The van der Waals surface area contributed by atoms with E-state index in [9.17, 15) is 15.0 Å². The lowest BCUT2D eigenvalue weighted by Crippen LogP contribution is -2.49. The van der Waals surface area contributed by atoms with Gasteiger partial charge in [0.2, 0.25) is 5.91 Å². The van der Waals surface area contributed by atoms with E-state index in [1.54, 1.807) is 24.0 Å². The number of carbonyl (C=O) groups is 1. The van der Waals surface area contributed by atoms with E-state index in [2.05, 4.69) is 16.5 Å². The number of anilines is 1. The molecule has 0 spiro atoms. The first-order valence-electron chi connectivity index (χ1n) is 10.6. The lowest BCUT2D eigenvalue weighted by molar-refractivity contribution is -0.133. The summed E-state index contributed by atoms with van der Waals surface area (Å²) in [5.74, 6) is 1.40. The Morgan fingerprint density at radius 3 is 2.44 bits per heavy atom. The summed E-state index contributed by atoms with van der Waals surface area (Å²) in [6.45, 7) is 6.10. The van der Waals surface area contributed by atoms with Crippen molar-refractivity contribution in [3.05, 3.63) is 48.0 Å². The number of rotatable bonds is 4. The maximum absolute atomic E-state index is 12.3. The zero-order chi connectivity index (χ0) is 23.3. The van der Waals surface area contributed by atoms with Gasteiger partial charge in [0.25, 0.3) is 0 Å². The first kappa shape index (κ1) is 23.8. The molecule has 1 aliphatic rings. The van der Waals surface area contributed by atoms with E-state index < -0.39 is 6.10 Å². The van der Waals surface area contributed by atoms with E-state index in [0.29, 0.717) is 37.6 Å². The Balaban J connectivity index is 0.00000141. The number of fused-ring (bicyclic) bond motifs is 1. The molecule has 1 unspecified atom stereocenters. The molecule has 3 aromatic rings. The fourth-order valence-electron chi connectivity index (χ4n) is 3.80. The minimum atomic E-state index is -0.634.